The van der Waals surface area contributed by atoms with E-state index in [0.717, 1.165) is 35.3 Å². The van der Waals surface area contributed by atoms with Gasteiger partial charge in [-0.2, -0.15) is 0 Å². The minimum Gasteiger partial charge on any atom is -0.339 e. The highest BCUT2D eigenvalue weighted by Gasteiger charge is 2.48. The van der Waals surface area contributed by atoms with Crippen LogP contribution in [-0.4, -0.2) is 17.9 Å². The number of benzene rings is 1. The first-order chi connectivity index (χ1) is 9.06. The van der Waals surface area contributed by atoms with Crippen LogP contribution in [0.5, 0.6) is 0 Å². The molecule has 3 rings (SSSR count). The summed E-state index contributed by atoms with van der Waals surface area (Å²) in [5, 5.41) is 0.729. The molecule has 102 valence electrons. The molecule has 0 bridgehead atoms. The van der Waals surface area contributed by atoms with E-state index < -0.39 is 0 Å². The van der Waals surface area contributed by atoms with Crippen LogP contribution in [0.15, 0.2) is 24.3 Å². The molecule has 3 atom stereocenters. The molecule has 0 radical (unpaired) electrons. The maximum Gasteiger partial charge on any atom is 0.225 e. The average molecular weight is 278 g/mol. The molecule has 1 aromatic rings. The van der Waals surface area contributed by atoms with Gasteiger partial charge in [0.1, 0.15) is 0 Å². The monoisotopic (exact) mass is 277 g/mol. The summed E-state index contributed by atoms with van der Waals surface area (Å²) in [5.74, 6) is 2.27. The predicted molar refractivity (Wildman–Crippen MR) is 77.0 cm³/mol. The van der Waals surface area contributed by atoms with Gasteiger partial charge < -0.3 is 4.90 Å². The maximum atomic E-state index is 12.5. The molecule has 2 nitrogen and oxygen atoms in total. The minimum atomic E-state index is 0.0862. The highest BCUT2D eigenvalue weighted by atomic mass is 35.5. The third kappa shape index (κ3) is 2.51. The predicted octanol–water partition coefficient (Wildman–Crippen LogP) is 3.91. The molecule has 1 aromatic carbocycles. The van der Waals surface area contributed by atoms with Crippen molar-refractivity contribution in [3.8, 4) is 0 Å². The SMILES string of the molecule is CC(c1cccc(Cl)c1)N(C)C(=O)C1CC2CC2C1. The zero-order chi connectivity index (χ0) is 13.6. The molecular formula is C16H20ClNO. The first kappa shape index (κ1) is 13.0. The van der Waals surface area contributed by atoms with E-state index >= 15 is 0 Å². The van der Waals surface area contributed by atoms with E-state index in [2.05, 4.69) is 6.92 Å². The lowest BCUT2D eigenvalue weighted by Crippen LogP contribution is -2.34. The summed E-state index contributed by atoms with van der Waals surface area (Å²) in [6, 6.07) is 7.87. The zero-order valence-corrected chi connectivity index (χ0v) is 12.2. The van der Waals surface area contributed by atoms with Crippen LogP contribution in [0.2, 0.25) is 5.02 Å². The topological polar surface area (TPSA) is 20.3 Å². The number of nitrogens with zero attached hydrogens (tertiary/aromatic N) is 1. The average Bonchev–Trinajstić information content (AvgIpc) is 3.02. The Hall–Kier alpha value is -1.02. The molecule has 2 fully saturated rings. The van der Waals surface area contributed by atoms with Crippen molar-refractivity contribution in [2.45, 2.75) is 32.2 Å². The second kappa shape index (κ2) is 4.82. The Morgan fingerprint density at radius 3 is 2.63 bits per heavy atom. The van der Waals surface area contributed by atoms with E-state index in [1.807, 2.05) is 36.2 Å². The third-order valence-corrected chi connectivity index (χ3v) is 5.09. The van der Waals surface area contributed by atoms with Crippen LogP contribution in [0.25, 0.3) is 0 Å². The first-order valence-corrected chi connectivity index (χ1v) is 7.46. The summed E-state index contributed by atoms with van der Waals surface area (Å²) < 4.78 is 0. The summed E-state index contributed by atoms with van der Waals surface area (Å²) in [5.41, 5.74) is 1.10. The Kier molecular flexibility index (Phi) is 3.30. The van der Waals surface area contributed by atoms with Crippen LogP contribution in [0.4, 0.5) is 0 Å². The van der Waals surface area contributed by atoms with Crippen LogP contribution in [0.1, 0.15) is 37.8 Å². The molecule has 2 aliphatic rings. The second-order valence-electron chi connectivity index (χ2n) is 6.10. The van der Waals surface area contributed by atoms with Crippen LogP contribution in [0, 0.1) is 17.8 Å². The number of carbonyl (C=O) groups is 1. The van der Waals surface area contributed by atoms with Crippen molar-refractivity contribution in [3.05, 3.63) is 34.9 Å². The van der Waals surface area contributed by atoms with Crippen LogP contribution in [0.3, 0.4) is 0 Å². The van der Waals surface area contributed by atoms with Gasteiger partial charge in [0, 0.05) is 18.0 Å². The van der Waals surface area contributed by atoms with Gasteiger partial charge in [-0.25, -0.2) is 0 Å². The summed E-state index contributed by atoms with van der Waals surface area (Å²) in [4.78, 5) is 14.4. The molecule has 19 heavy (non-hydrogen) atoms. The van der Waals surface area contributed by atoms with Crippen molar-refractivity contribution >= 4 is 17.5 Å². The van der Waals surface area contributed by atoms with Crippen LogP contribution in [-0.2, 0) is 4.79 Å². The number of rotatable bonds is 3. The largest absolute Gasteiger partial charge is 0.339 e. The van der Waals surface area contributed by atoms with Crippen molar-refractivity contribution in [2.75, 3.05) is 7.05 Å². The fraction of sp³-hybridized carbons (Fsp3) is 0.562. The van der Waals surface area contributed by atoms with E-state index in [9.17, 15) is 4.79 Å². The van der Waals surface area contributed by atoms with E-state index in [4.69, 9.17) is 11.6 Å². The molecule has 1 amide bonds. The number of halogens is 1. The Morgan fingerprint density at radius 1 is 1.32 bits per heavy atom. The molecule has 0 N–H and O–H groups in total. The van der Waals surface area contributed by atoms with Gasteiger partial charge in [0.25, 0.3) is 0 Å². The number of amides is 1. The van der Waals surface area contributed by atoms with Crippen molar-refractivity contribution in [1.82, 2.24) is 4.90 Å². The Labute approximate surface area is 119 Å². The second-order valence-corrected chi connectivity index (χ2v) is 6.54. The fourth-order valence-corrected chi connectivity index (χ4v) is 3.58. The summed E-state index contributed by atoms with van der Waals surface area (Å²) in [6.45, 7) is 2.07. The van der Waals surface area contributed by atoms with Crippen LogP contribution >= 0.6 is 11.6 Å². The molecule has 2 saturated carbocycles. The molecule has 0 aliphatic heterocycles. The van der Waals surface area contributed by atoms with Crippen molar-refractivity contribution < 1.29 is 4.79 Å². The van der Waals surface area contributed by atoms with Gasteiger partial charge in [0.05, 0.1) is 6.04 Å². The van der Waals surface area contributed by atoms with E-state index in [1.165, 1.54) is 6.42 Å². The Morgan fingerprint density at radius 2 is 2.00 bits per heavy atom. The van der Waals surface area contributed by atoms with Gasteiger partial charge in [-0.1, -0.05) is 23.7 Å². The number of fused-ring (bicyclic) bond motifs is 1. The Bertz CT molecular complexity index is 491. The van der Waals surface area contributed by atoms with Gasteiger partial charge in [-0.3, -0.25) is 4.79 Å². The number of hydrogen-bond acceptors (Lipinski definition) is 1. The number of hydrogen-bond donors (Lipinski definition) is 0. The van der Waals surface area contributed by atoms with Crippen LogP contribution < -0.4 is 0 Å². The third-order valence-electron chi connectivity index (χ3n) is 4.85. The summed E-state index contributed by atoms with van der Waals surface area (Å²) >= 11 is 6.02. The van der Waals surface area contributed by atoms with Gasteiger partial charge in [0.15, 0.2) is 0 Å². The van der Waals surface area contributed by atoms with E-state index in [0.29, 0.717) is 5.91 Å². The zero-order valence-electron chi connectivity index (χ0n) is 11.5. The maximum absolute atomic E-state index is 12.5. The van der Waals surface area contributed by atoms with E-state index in [-0.39, 0.29) is 12.0 Å². The molecule has 3 unspecified atom stereocenters. The molecule has 0 aromatic heterocycles. The van der Waals surface area contributed by atoms with Gasteiger partial charge in [0.2, 0.25) is 5.91 Å². The van der Waals surface area contributed by atoms with Crippen molar-refractivity contribution in [3.63, 3.8) is 0 Å². The summed E-state index contributed by atoms with van der Waals surface area (Å²) in [7, 11) is 1.91. The van der Waals surface area contributed by atoms with Gasteiger partial charge >= 0.3 is 0 Å². The fourth-order valence-electron chi connectivity index (χ4n) is 3.39. The lowest BCUT2D eigenvalue weighted by atomic mass is 10.00. The lowest BCUT2D eigenvalue weighted by molar-refractivity contribution is -0.136. The molecule has 0 saturated heterocycles. The highest BCUT2D eigenvalue weighted by molar-refractivity contribution is 6.30. The Balaban J connectivity index is 1.68. The normalized spacial score (nSPS) is 29.7. The van der Waals surface area contributed by atoms with Crippen molar-refractivity contribution in [2.24, 2.45) is 17.8 Å². The smallest absolute Gasteiger partial charge is 0.225 e. The number of carbonyl (C=O) groups excluding carboxylic acids is 1. The highest BCUT2D eigenvalue weighted by Crippen LogP contribution is 2.54. The lowest BCUT2D eigenvalue weighted by Gasteiger charge is -2.28. The summed E-state index contributed by atoms with van der Waals surface area (Å²) in [6.07, 6.45) is 3.57. The molecule has 2 aliphatic carbocycles. The standard InChI is InChI=1S/C16H20ClNO/c1-10(11-4-3-5-15(17)9-11)18(2)16(19)14-7-12-6-13(12)8-14/h3-5,9-10,12-14H,6-8H2,1-2H3. The van der Waals surface area contributed by atoms with Crippen molar-refractivity contribution in [1.29, 1.82) is 0 Å². The first-order valence-electron chi connectivity index (χ1n) is 7.08. The molecular weight excluding hydrogens is 258 g/mol. The minimum absolute atomic E-state index is 0.0862. The molecule has 3 heteroatoms. The van der Waals surface area contributed by atoms with Gasteiger partial charge in [-0.15, -0.1) is 0 Å². The van der Waals surface area contributed by atoms with Gasteiger partial charge in [-0.05, 0) is 55.7 Å². The molecule has 0 spiro atoms. The quantitative estimate of drug-likeness (QED) is 0.820. The molecule has 0 heterocycles. The van der Waals surface area contributed by atoms with E-state index in [1.54, 1.807) is 0 Å².